The van der Waals surface area contributed by atoms with Crippen LogP contribution in [0.5, 0.6) is 0 Å². The van der Waals surface area contributed by atoms with Crippen LogP contribution in [0.15, 0.2) is 0 Å². The number of Topliss-reactive ketones (excluding diaryl/α,β-unsaturated/α-hetero) is 1. The average Bonchev–Trinajstić information content (AvgIpc) is 2.89. The monoisotopic (exact) mass is 343 g/mol. The van der Waals surface area contributed by atoms with Crippen molar-refractivity contribution in [1.29, 1.82) is 0 Å². The van der Waals surface area contributed by atoms with Gasteiger partial charge >= 0.3 is 0 Å². The molecule has 1 rings (SSSR count). The van der Waals surface area contributed by atoms with Gasteiger partial charge in [0.2, 0.25) is 5.91 Å². The van der Waals surface area contributed by atoms with Crippen LogP contribution >= 0.6 is 0 Å². The van der Waals surface area contributed by atoms with Gasteiger partial charge in [0.05, 0.1) is 18.8 Å². The summed E-state index contributed by atoms with van der Waals surface area (Å²) in [6, 6.07) is -0.201. The lowest BCUT2D eigenvalue weighted by atomic mass is 10.1. The molecule has 0 spiro atoms. The molecule has 1 amide bonds. The number of hydrogen-bond donors (Lipinski definition) is 2. The molecule has 1 aliphatic rings. The van der Waals surface area contributed by atoms with Gasteiger partial charge in [-0.25, -0.2) is 0 Å². The van der Waals surface area contributed by atoms with Crippen molar-refractivity contribution < 1.29 is 19.8 Å². The van der Waals surface area contributed by atoms with E-state index < -0.39 is 6.10 Å². The third-order valence-corrected chi connectivity index (χ3v) is 4.59. The lowest BCUT2D eigenvalue weighted by Gasteiger charge is -2.22. The van der Waals surface area contributed by atoms with Gasteiger partial charge in [0, 0.05) is 19.4 Å². The maximum atomic E-state index is 12.1. The molecule has 0 aromatic rings. The second-order valence-electron chi connectivity index (χ2n) is 6.80. The lowest BCUT2D eigenvalue weighted by Crippen LogP contribution is -2.37. The van der Waals surface area contributed by atoms with Gasteiger partial charge in [0.15, 0.2) is 0 Å². The van der Waals surface area contributed by atoms with Crippen molar-refractivity contribution in [2.24, 2.45) is 0 Å². The molecule has 1 saturated heterocycles. The topological polar surface area (TPSA) is 77.8 Å². The molecule has 2 N–H and O–H groups in total. The van der Waals surface area contributed by atoms with Gasteiger partial charge in [-0.1, -0.05) is 46.0 Å². The molecule has 5 nitrogen and oxygen atoms in total. The molecule has 0 unspecified atom stereocenters. The van der Waals surface area contributed by atoms with Crippen LogP contribution in [0.1, 0.15) is 85.0 Å². The van der Waals surface area contributed by atoms with Crippen LogP contribution in [0.4, 0.5) is 0 Å². The Morgan fingerprint density at radius 1 is 0.958 bits per heavy atom. The lowest BCUT2D eigenvalue weighted by molar-refractivity contribution is -0.133. The second-order valence-corrected chi connectivity index (χ2v) is 6.80. The Morgan fingerprint density at radius 3 is 1.96 bits per heavy atom. The van der Waals surface area contributed by atoms with Crippen LogP contribution in [0.25, 0.3) is 0 Å². The summed E-state index contributed by atoms with van der Waals surface area (Å²) in [5.41, 5.74) is 0. The normalized spacial score (nSPS) is 20.0. The number of amides is 1. The number of rotatable bonds is 12. The molecule has 24 heavy (non-hydrogen) atoms. The average molecular weight is 344 g/mol. The summed E-state index contributed by atoms with van der Waals surface area (Å²) >= 11 is 0. The smallest absolute Gasteiger partial charge is 0.222 e. The molecule has 0 aromatic heterocycles. The number of likely N-dealkylation sites (tertiary alicyclic amines) is 1. The fourth-order valence-corrected chi connectivity index (χ4v) is 3.22. The first-order valence-electron chi connectivity index (χ1n) is 9.12. The number of β-amino-alcohol motifs (C(OH)–C–C–N with tert-alkyl or cyclic N) is 1. The van der Waals surface area contributed by atoms with Crippen molar-refractivity contribution >= 4 is 11.7 Å². The Balaban J connectivity index is 0.00000529. The van der Waals surface area contributed by atoms with Gasteiger partial charge in [-0.05, 0) is 26.2 Å². The minimum atomic E-state index is -0.487. The molecule has 0 saturated carbocycles. The first-order chi connectivity index (χ1) is 11.0. The van der Waals surface area contributed by atoms with Crippen molar-refractivity contribution in [2.45, 2.75) is 97.1 Å². The van der Waals surface area contributed by atoms with Gasteiger partial charge in [0.1, 0.15) is 5.78 Å². The van der Waals surface area contributed by atoms with Crippen LogP contribution in [-0.2, 0) is 9.59 Å². The van der Waals surface area contributed by atoms with Gasteiger partial charge in [0.25, 0.3) is 0 Å². The summed E-state index contributed by atoms with van der Waals surface area (Å²) in [5.74, 6) is 0.341. The summed E-state index contributed by atoms with van der Waals surface area (Å²) in [5, 5.41) is 18.8. The van der Waals surface area contributed by atoms with Crippen molar-refractivity contribution in [3.05, 3.63) is 0 Å². The van der Waals surface area contributed by atoms with Crippen molar-refractivity contribution in [3.63, 3.8) is 0 Å². The molecule has 1 aliphatic heterocycles. The molecule has 0 aliphatic carbocycles. The molecule has 0 aromatic carbocycles. The SMILES string of the molecule is C.CC(=O)CCCCCCCCCCC(=O)N1C[C@H](O)C[C@H]1CO. The number of carbonyl (C=O) groups excluding carboxylic acids is 2. The second kappa shape index (κ2) is 13.4. The van der Waals surface area contributed by atoms with E-state index in [1.165, 1.54) is 19.3 Å². The summed E-state index contributed by atoms with van der Waals surface area (Å²) < 4.78 is 0. The summed E-state index contributed by atoms with van der Waals surface area (Å²) in [6.45, 7) is 1.95. The van der Waals surface area contributed by atoms with Gasteiger partial charge in [-0.3, -0.25) is 4.79 Å². The first-order valence-corrected chi connectivity index (χ1v) is 9.12. The van der Waals surface area contributed by atoms with E-state index in [0.717, 1.165) is 32.1 Å². The number of unbranched alkanes of at least 4 members (excludes halogenated alkanes) is 7. The first kappa shape index (κ1) is 23.1. The van der Waals surface area contributed by atoms with E-state index in [-0.39, 0.29) is 31.8 Å². The summed E-state index contributed by atoms with van der Waals surface area (Å²) in [4.78, 5) is 24.5. The number of aliphatic hydroxyl groups excluding tert-OH is 2. The van der Waals surface area contributed by atoms with Crippen molar-refractivity contribution in [3.8, 4) is 0 Å². The summed E-state index contributed by atoms with van der Waals surface area (Å²) in [7, 11) is 0. The fourth-order valence-electron chi connectivity index (χ4n) is 3.22. The number of carbonyl (C=O) groups is 2. The number of ketones is 1. The quantitative estimate of drug-likeness (QED) is 0.534. The largest absolute Gasteiger partial charge is 0.394 e. The highest BCUT2D eigenvalue weighted by Crippen LogP contribution is 2.19. The van der Waals surface area contributed by atoms with E-state index >= 15 is 0 Å². The zero-order chi connectivity index (χ0) is 17.1. The molecular weight excluding hydrogens is 306 g/mol. The van der Waals surface area contributed by atoms with Crippen LogP contribution < -0.4 is 0 Å². The van der Waals surface area contributed by atoms with E-state index in [1.54, 1.807) is 11.8 Å². The fraction of sp³-hybridized carbons (Fsp3) is 0.895. The highest BCUT2D eigenvalue weighted by atomic mass is 16.3. The van der Waals surface area contributed by atoms with E-state index in [9.17, 15) is 19.8 Å². The molecule has 0 radical (unpaired) electrons. The van der Waals surface area contributed by atoms with Gasteiger partial charge < -0.3 is 19.9 Å². The highest BCUT2D eigenvalue weighted by molar-refractivity contribution is 5.77. The Kier molecular flexibility index (Phi) is 12.8. The number of nitrogens with zero attached hydrogens (tertiary/aromatic N) is 1. The Labute approximate surface area is 147 Å². The standard InChI is InChI=1S/C18H33NO4.CH4/c1-15(21)10-8-6-4-2-3-5-7-9-11-18(23)19-13-17(22)12-16(19)14-20;/h16-17,20,22H,2-14H2,1H3;1H4/t16-,17+;/m0./s1. The van der Waals surface area contributed by atoms with E-state index in [4.69, 9.17) is 0 Å². The zero-order valence-electron chi connectivity index (χ0n) is 14.5. The third kappa shape index (κ3) is 9.38. The van der Waals surface area contributed by atoms with Crippen molar-refractivity contribution in [2.75, 3.05) is 13.2 Å². The van der Waals surface area contributed by atoms with Gasteiger partial charge in [-0.15, -0.1) is 0 Å². The molecule has 142 valence electrons. The molecule has 5 heteroatoms. The minimum absolute atomic E-state index is 0. The predicted octanol–water partition coefficient (Wildman–Crippen LogP) is 3.07. The third-order valence-electron chi connectivity index (χ3n) is 4.59. The Hall–Kier alpha value is -0.940. The number of aliphatic hydroxyl groups is 2. The molecule has 1 fully saturated rings. The Morgan fingerprint density at radius 2 is 1.46 bits per heavy atom. The maximum Gasteiger partial charge on any atom is 0.222 e. The van der Waals surface area contributed by atoms with Crippen LogP contribution in [0, 0.1) is 0 Å². The molecule has 2 atom stereocenters. The van der Waals surface area contributed by atoms with Crippen LogP contribution in [0.2, 0.25) is 0 Å². The maximum absolute atomic E-state index is 12.1. The van der Waals surface area contributed by atoms with E-state index in [1.807, 2.05) is 0 Å². The van der Waals surface area contributed by atoms with Gasteiger partial charge in [-0.2, -0.15) is 0 Å². The molecule has 1 heterocycles. The van der Waals surface area contributed by atoms with Crippen LogP contribution in [0.3, 0.4) is 0 Å². The van der Waals surface area contributed by atoms with E-state index in [0.29, 0.717) is 25.8 Å². The Bertz CT molecular complexity index is 359. The molecular formula is C19H37NO4. The minimum Gasteiger partial charge on any atom is -0.394 e. The van der Waals surface area contributed by atoms with Crippen LogP contribution in [-0.4, -0.2) is 52.1 Å². The van der Waals surface area contributed by atoms with E-state index in [2.05, 4.69) is 0 Å². The number of hydrogen-bond acceptors (Lipinski definition) is 4. The highest BCUT2D eigenvalue weighted by Gasteiger charge is 2.33. The molecule has 0 bridgehead atoms. The van der Waals surface area contributed by atoms with Crippen molar-refractivity contribution in [1.82, 2.24) is 4.90 Å². The summed E-state index contributed by atoms with van der Waals surface area (Å²) in [6.07, 6.45) is 10.0. The zero-order valence-corrected chi connectivity index (χ0v) is 14.5. The predicted molar refractivity (Wildman–Crippen MR) is 96.8 cm³/mol.